The second kappa shape index (κ2) is 7.01. The number of benzene rings is 2. The molecule has 128 valence electrons. The first-order chi connectivity index (χ1) is 12.8. The van der Waals surface area contributed by atoms with Gasteiger partial charge in [-0.3, -0.25) is 4.79 Å². The number of aromatic amines is 1. The Balaban J connectivity index is 1.44. The second-order valence-electron chi connectivity index (χ2n) is 5.60. The normalized spacial score (nSPS) is 13.3. The van der Waals surface area contributed by atoms with Crippen LogP contribution >= 0.6 is 0 Å². The highest BCUT2D eigenvalue weighted by molar-refractivity contribution is 6.06. The summed E-state index contributed by atoms with van der Waals surface area (Å²) in [5, 5.41) is 28.2. The zero-order chi connectivity index (χ0) is 17.8. The molecule has 0 unspecified atom stereocenters. The number of carbonyl (C=O) groups is 1. The molecule has 0 saturated heterocycles. The summed E-state index contributed by atoms with van der Waals surface area (Å²) in [6.45, 7) is 0.640. The van der Waals surface area contributed by atoms with Crippen LogP contribution in [0.4, 0.5) is 5.69 Å². The monoisotopic (exact) mass is 346 g/mol. The molecule has 2 heterocycles. The van der Waals surface area contributed by atoms with Crippen molar-refractivity contribution in [3.8, 4) is 11.4 Å². The van der Waals surface area contributed by atoms with Crippen molar-refractivity contribution in [1.29, 1.82) is 0 Å². The Morgan fingerprint density at radius 3 is 2.42 bits per heavy atom. The molecule has 1 aliphatic rings. The number of nitrogens with one attached hydrogen (secondary N) is 2. The van der Waals surface area contributed by atoms with Gasteiger partial charge in [0.1, 0.15) is 0 Å². The minimum absolute atomic E-state index is 0.186. The van der Waals surface area contributed by atoms with E-state index in [9.17, 15) is 4.79 Å². The van der Waals surface area contributed by atoms with Crippen LogP contribution in [0, 0.1) is 0 Å². The summed E-state index contributed by atoms with van der Waals surface area (Å²) in [5.74, 6) is 0.317. The fourth-order valence-electron chi connectivity index (χ4n) is 2.54. The lowest BCUT2D eigenvalue weighted by Gasteiger charge is -2.08. The van der Waals surface area contributed by atoms with Crippen molar-refractivity contribution >= 4 is 17.3 Å². The van der Waals surface area contributed by atoms with Gasteiger partial charge in [0, 0.05) is 23.2 Å². The molecule has 2 aromatic carbocycles. The Hall–Kier alpha value is -3.75. The van der Waals surface area contributed by atoms with Gasteiger partial charge in [0.2, 0.25) is 5.82 Å². The first-order valence-corrected chi connectivity index (χ1v) is 7.98. The summed E-state index contributed by atoms with van der Waals surface area (Å²) in [6.07, 6.45) is 0.752. The molecule has 0 bridgehead atoms. The predicted molar refractivity (Wildman–Crippen MR) is 94.9 cm³/mol. The minimum atomic E-state index is -0.186. The molecule has 0 saturated carbocycles. The van der Waals surface area contributed by atoms with Gasteiger partial charge in [-0.25, -0.2) is 0 Å². The predicted octanol–water partition coefficient (Wildman–Crippen LogP) is 2.68. The average Bonchev–Trinajstić information content (AvgIpc) is 3.24. The highest BCUT2D eigenvalue weighted by Gasteiger charge is 2.10. The number of nitrogens with zero attached hydrogens (tertiary/aromatic N) is 6. The number of hydrogen-bond acceptors (Lipinski definition) is 7. The summed E-state index contributed by atoms with van der Waals surface area (Å²) in [7, 11) is 0. The maximum absolute atomic E-state index is 12.4. The van der Waals surface area contributed by atoms with Crippen molar-refractivity contribution in [1.82, 2.24) is 20.6 Å². The number of anilines is 1. The van der Waals surface area contributed by atoms with Crippen LogP contribution in [0.5, 0.6) is 0 Å². The number of amides is 1. The summed E-state index contributed by atoms with van der Waals surface area (Å²) >= 11 is 0. The fraction of sp³-hybridized carbons (Fsp3) is 0.118. The molecule has 0 spiro atoms. The van der Waals surface area contributed by atoms with E-state index in [0.29, 0.717) is 23.6 Å². The highest BCUT2D eigenvalue weighted by Crippen LogP contribution is 2.18. The molecule has 1 aromatic heterocycles. The standard InChI is InChI=1S/C17H14N8O/c26-17(13-3-1-11(2-4-13)15-9-10-18-23-20-15)19-14-7-5-12(6-8-14)16-21-24-25-22-16/h1-8H,9-10H2,(H,19,26)(H,21,22,24,25). The quantitative estimate of drug-likeness (QED) is 0.754. The van der Waals surface area contributed by atoms with Crippen LogP contribution in [0.3, 0.4) is 0 Å². The minimum Gasteiger partial charge on any atom is -0.322 e. The highest BCUT2D eigenvalue weighted by atomic mass is 16.1. The van der Waals surface area contributed by atoms with Crippen molar-refractivity contribution in [3.63, 3.8) is 0 Å². The van der Waals surface area contributed by atoms with Gasteiger partial charge in [0.05, 0.1) is 12.3 Å². The zero-order valence-electron chi connectivity index (χ0n) is 13.6. The first kappa shape index (κ1) is 15.8. The molecule has 2 N–H and O–H groups in total. The van der Waals surface area contributed by atoms with Gasteiger partial charge in [-0.05, 0) is 52.4 Å². The lowest BCUT2D eigenvalue weighted by molar-refractivity contribution is 0.102. The van der Waals surface area contributed by atoms with E-state index in [0.717, 1.165) is 23.3 Å². The van der Waals surface area contributed by atoms with Gasteiger partial charge in [0.25, 0.3) is 5.91 Å². The molecule has 0 radical (unpaired) electrons. The van der Waals surface area contributed by atoms with Crippen LogP contribution in [0.2, 0.25) is 0 Å². The molecule has 3 aromatic rings. The molecule has 1 amide bonds. The van der Waals surface area contributed by atoms with E-state index in [-0.39, 0.29) is 5.91 Å². The fourth-order valence-corrected chi connectivity index (χ4v) is 2.54. The maximum atomic E-state index is 12.4. The van der Waals surface area contributed by atoms with Crippen LogP contribution < -0.4 is 5.32 Å². The number of H-pyrrole nitrogens is 1. The van der Waals surface area contributed by atoms with E-state index in [2.05, 4.69) is 41.4 Å². The Labute approximate surface area is 148 Å². The average molecular weight is 346 g/mol. The van der Waals surface area contributed by atoms with Crippen molar-refractivity contribution < 1.29 is 4.79 Å². The third kappa shape index (κ3) is 3.36. The van der Waals surface area contributed by atoms with E-state index < -0.39 is 0 Å². The molecule has 0 atom stereocenters. The molecular weight excluding hydrogens is 332 g/mol. The smallest absolute Gasteiger partial charge is 0.255 e. The van der Waals surface area contributed by atoms with Gasteiger partial charge >= 0.3 is 0 Å². The molecule has 9 heteroatoms. The number of tetrazole rings is 1. The van der Waals surface area contributed by atoms with Crippen LogP contribution in [-0.4, -0.2) is 38.8 Å². The third-order valence-corrected chi connectivity index (χ3v) is 3.90. The largest absolute Gasteiger partial charge is 0.322 e. The van der Waals surface area contributed by atoms with Crippen molar-refractivity contribution in [2.45, 2.75) is 6.42 Å². The SMILES string of the molecule is O=C(Nc1ccc(-c2nn[nH]n2)cc1)c1ccc(C2=NN=NCC2)cc1. The topological polar surface area (TPSA) is 121 Å². The molecule has 0 fully saturated rings. The van der Waals surface area contributed by atoms with E-state index in [1.54, 1.807) is 24.3 Å². The summed E-state index contributed by atoms with van der Waals surface area (Å²) in [5.41, 5.74) is 3.89. The molecule has 9 nitrogen and oxygen atoms in total. The maximum Gasteiger partial charge on any atom is 0.255 e. The van der Waals surface area contributed by atoms with E-state index in [1.807, 2.05) is 24.3 Å². The third-order valence-electron chi connectivity index (χ3n) is 3.90. The molecule has 26 heavy (non-hydrogen) atoms. The number of aromatic nitrogens is 4. The Kier molecular flexibility index (Phi) is 4.25. The number of rotatable bonds is 4. The van der Waals surface area contributed by atoms with Crippen LogP contribution in [0.25, 0.3) is 11.4 Å². The summed E-state index contributed by atoms with van der Waals surface area (Å²) in [4.78, 5) is 12.4. The van der Waals surface area contributed by atoms with E-state index in [4.69, 9.17) is 0 Å². The van der Waals surface area contributed by atoms with Gasteiger partial charge in [-0.2, -0.15) is 10.3 Å². The molecule has 4 rings (SSSR count). The van der Waals surface area contributed by atoms with E-state index >= 15 is 0 Å². The molecular formula is C17H14N8O. The van der Waals surface area contributed by atoms with Gasteiger partial charge in [0.15, 0.2) is 0 Å². The van der Waals surface area contributed by atoms with Crippen LogP contribution in [0.15, 0.2) is 64.0 Å². The summed E-state index contributed by atoms with van der Waals surface area (Å²) < 4.78 is 0. The zero-order valence-corrected chi connectivity index (χ0v) is 13.6. The van der Waals surface area contributed by atoms with Gasteiger partial charge in [-0.15, -0.1) is 15.3 Å². The van der Waals surface area contributed by atoms with Crippen molar-refractivity contribution in [2.75, 3.05) is 11.9 Å². The lowest BCUT2D eigenvalue weighted by atomic mass is 10.0. The van der Waals surface area contributed by atoms with Gasteiger partial charge in [-0.1, -0.05) is 12.1 Å². The second-order valence-corrected chi connectivity index (χ2v) is 5.60. The Morgan fingerprint density at radius 1 is 1.00 bits per heavy atom. The lowest BCUT2D eigenvalue weighted by Crippen LogP contribution is -2.12. The first-order valence-electron chi connectivity index (χ1n) is 7.98. The molecule has 1 aliphatic heterocycles. The van der Waals surface area contributed by atoms with Crippen molar-refractivity contribution in [2.24, 2.45) is 15.4 Å². The Bertz CT molecular complexity index is 959. The van der Waals surface area contributed by atoms with Gasteiger partial charge < -0.3 is 5.32 Å². The number of carbonyl (C=O) groups excluding carboxylic acids is 1. The number of hydrogen-bond donors (Lipinski definition) is 2. The summed E-state index contributed by atoms with van der Waals surface area (Å²) in [6, 6.07) is 14.5. The van der Waals surface area contributed by atoms with Crippen LogP contribution in [0.1, 0.15) is 22.3 Å². The molecule has 0 aliphatic carbocycles. The van der Waals surface area contributed by atoms with E-state index in [1.165, 1.54) is 0 Å². The van der Waals surface area contributed by atoms with Crippen molar-refractivity contribution in [3.05, 3.63) is 59.7 Å². The van der Waals surface area contributed by atoms with Crippen LogP contribution in [-0.2, 0) is 0 Å². The Morgan fingerprint density at radius 2 is 1.77 bits per heavy atom.